The third-order valence-electron chi connectivity index (χ3n) is 5.07. The standard InChI is InChI=1S/C18H29FN2/c1-12-9-14(11-16(19)10-12)17(21-20)13-5-7-15(8-6-13)18(2,3)4/h9-11,13,15,17,21H,5-8,20H2,1-4H3. The molecule has 1 aromatic rings. The van der Waals surface area contributed by atoms with E-state index in [1.54, 1.807) is 12.1 Å². The largest absolute Gasteiger partial charge is 0.271 e. The quantitative estimate of drug-likeness (QED) is 0.636. The molecule has 1 atom stereocenters. The van der Waals surface area contributed by atoms with Gasteiger partial charge < -0.3 is 0 Å². The minimum Gasteiger partial charge on any atom is -0.271 e. The van der Waals surface area contributed by atoms with Gasteiger partial charge in [-0.2, -0.15) is 0 Å². The van der Waals surface area contributed by atoms with Crippen molar-refractivity contribution in [3.8, 4) is 0 Å². The second kappa shape index (κ2) is 6.45. The predicted octanol–water partition coefficient (Wildman–Crippen LogP) is 4.49. The van der Waals surface area contributed by atoms with Gasteiger partial charge in [-0.05, 0) is 73.1 Å². The van der Waals surface area contributed by atoms with E-state index in [0.717, 1.165) is 29.9 Å². The molecule has 1 unspecified atom stereocenters. The van der Waals surface area contributed by atoms with Crippen LogP contribution in [0.4, 0.5) is 4.39 Å². The molecule has 3 heteroatoms. The molecule has 0 amide bonds. The van der Waals surface area contributed by atoms with Gasteiger partial charge in [0.15, 0.2) is 0 Å². The fourth-order valence-corrected chi connectivity index (χ4v) is 3.77. The first-order chi connectivity index (χ1) is 9.81. The maximum Gasteiger partial charge on any atom is 0.123 e. The fraction of sp³-hybridized carbons (Fsp3) is 0.667. The lowest BCUT2D eigenvalue weighted by atomic mass is 9.68. The van der Waals surface area contributed by atoms with E-state index in [1.165, 1.54) is 12.8 Å². The third kappa shape index (κ3) is 4.04. The van der Waals surface area contributed by atoms with Gasteiger partial charge in [0.2, 0.25) is 0 Å². The van der Waals surface area contributed by atoms with Crippen molar-refractivity contribution in [2.24, 2.45) is 23.1 Å². The van der Waals surface area contributed by atoms with Crippen molar-refractivity contribution in [1.82, 2.24) is 5.43 Å². The van der Waals surface area contributed by atoms with E-state index in [2.05, 4.69) is 26.2 Å². The molecule has 1 aromatic carbocycles. The lowest BCUT2D eigenvalue weighted by Crippen LogP contribution is -2.37. The topological polar surface area (TPSA) is 38.0 Å². The molecule has 1 fully saturated rings. The number of rotatable bonds is 3. The smallest absolute Gasteiger partial charge is 0.123 e. The number of hydrazine groups is 1. The van der Waals surface area contributed by atoms with Gasteiger partial charge in [-0.3, -0.25) is 11.3 Å². The van der Waals surface area contributed by atoms with Gasteiger partial charge in [-0.25, -0.2) is 4.39 Å². The second-order valence-electron chi connectivity index (χ2n) is 7.68. The van der Waals surface area contributed by atoms with E-state index >= 15 is 0 Å². The summed E-state index contributed by atoms with van der Waals surface area (Å²) >= 11 is 0. The molecular formula is C18H29FN2. The summed E-state index contributed by atoms with van der Waals surface area (Å²) in [5.41, 5.74) is 5.24. The van der Waals surface area contributed by atoms with Crippen molar-refractivity contribution >= 4 is 0 Å². The first-order valence-electron chi connectivity index (χ1n) is 8.04. The molecule has 0 saturated heterocycles. The Balaban J connectivity index is 2.09. The van der Waals surface area contributed by atoms with Gasteiger partial charge in [0, 0.05) is 6.04 Å². The van der Waals surface area contributed by atoms with Gasteiger partial charge in [0.05, 0.1) is 0 Å². The molecule has 118 valence electrons. The van der Waals surface area contributed by atoms with Gasteiger partial charge >= 0.3 is 0 Å². The average Bonchev–Trinajstić information content (AvgIpc) is 2.38. The molecule has 2 rings (SSSR count). The van der Waals surface area contributed by atoms with E-state index in [-0.39, 0.29) is 11.9 Å². The average molecular weight is 292 g/mol. The summed E-state index contributed by atoms with van der Waals surface area (Å²) in [6, 6.07) is 5.28. The molecule has 0 spiro atoms. The Labute approximate surface area is 128 Å². The molecule has 1 saturated carbocycles. The highest BCUT2D eigenvalue weighted by molar-refractivity contribution is 5.26. The highest BCUT2D eigenvalue weighted by atomic mass is 19.1. The molecule has 21 heavy (non-hydrogen) atoms. The summed E-state index contributed by atoms with van der Waals surface area (Å²) in [4.78, 5) is 0. The first kappa shape index (κ1) is 16.4. The minimum absolute atomic E-state index is 0.0559. The highest BCUT2D eigenvalue weighted by Crippen LogP contribution is 2.43. The maximum atomic E-state index is 13.6. The Hall–Kier alpha value is -0.930. The number of halogens is 1. The molecule has 0 aliphatic heterocycles. The molecule has 0 heterocycles. The SMILES string of the molecule is Cc1cc(F)cc(C(NN)C2CCC(C(C)(C)C)CC2)c1. The monoisotopic (exact) mass is 292 g/mol. The molecule has 3 N–H and O–H groups in total. The van der Waals surface area contributed by atoms with Crippen molar-refractivity contribution < 1.29 is 4.39 Å². The third-order valence-corrected chi connectivity index (χ3v) is 5.07. The molecule has 1 aliphatic carbocycles. The van der Waals surface area contributed by atoms with Gasteiger partial charge in [-0.1, -0.05) is 26.8 Å². The molecule has 2 nitrogen and oxygen atoms in total. The number of hydrogen-bond donors (Lipinski definition) is 2. The number of aryl methyl sites for hydroxylation is 1. The summed E-state index contributed by atoms with van der Waals surface area (Å²) in [6.45, 7) is 8.91. The molecule has 0 radical (unpaired) electrons. The van der Waals surface area contributed by atoms with Crippen molar-refractivity contribution in [3.05, 3.63) is 35.1 Å². The van der Waals surface area contributed by atoms with E-state index in [1.807, 2.05) is 13.0 Å². The van der Waals surface area contributed by atoms with Crippen LogP contribution in [-0.4, -0.2) is 0 Å². The second-order valence-corrected chi connectivity index (χ2v) is 7.68. The van der Waals surface area contributed by atoms with Gasteiger partial charge in [0.1, 0.15) is 5.82 Å². The van der Waals surface area contributed by atoms with E-state index in [0.29, 0.717) is 11.3 Å². The Bertz CT molecular complexity index is 450. The van der Waals surface area contributed by atoms with Crippen LogP contribution in [-0.2, 0) is 0 Å². The summed E-state index contributed by atoms with van der Waals surface area (Å²) in [6.07, 6.45) is 4.79. The van der Waals surface area contributed by atoms with Crippen LogP contribution in [0.2, 0.25) is 0 Å². The lowest BCUT2D eigenvalue weighted by Gasteiger charge is -2.39. The van der Waals surface area contributed by atoms with Crippen molar-refractivity contribution in [1.29, 1.82) is 0 Å². The summed E-state index contributed by atoms with van der Waals surface area (Å²) in [5.74, 6) is 6.89. The Morgan fingerprint density at radius 1 is 1.14 bits per heavy atom. The van der Waals surface area contributed by atoms with Crippen LogP contribution in [0, 0.1) is 30.0 Å². The van der Waals surface area contributed by atoms with Crippen LogP contribution in [0.25, 0.3) is 0 Å². The van der Waals surface area contributed by atoms with E-state index in [4.69, 9.17) is 5.84 Å². The zero-order chi connectivity index (χ0) is 15.6. The van der Waals surface area contributed by atoms with Gasteiger partial charge in [0.25, 0.3) is 0 Å². The zero-order valence-corrected chi connectivity index (χ0v) is 13.7. The zero-order valence-electron chi connectivity index (χ0n) is 13.7. The summed E-state index contributed by atoms with van der Waals surface area (Å²) < 4.78 is 13.6. The predicted molar refractivity (Wildman–Crippen MR) is 86.1 cm³/mol. The Morgan fingerprint density at radius 2 is 1.76 bits per heavy atom. The van der Waals surface area contributed by atoms with Crippen molar-refractivity contribution in [3.63, 3.8) is 0 Å². The van der Waals surface area contributed by atoms with Crippen molar-refractivity contribution in [2.75, 3.05) is 0 Å². The molecule has 0 bridgehead atoms. The van der Waals surface area contributed by atoms with Crippen LogP contribution >= 0.6 is 0 Å². The van der Waals surface area contributed by atoms with Crippen LogP contribution in [0.1, 0.15) is 63.6 Å². The van der Waals surface area contributed by atoms with Crippen LogP contribution in [0.15, 0.2) is 18.2 Å². The maximum absolute atomic E-state index is 13.6. The van der Waals surface area contributed by atoms with Crippen LogP contribution in [0.3, 0.4) is 0 Å². The number of nitrogens with two attached hydrogens (primary N) is 1. The Morgan fingerprint density at radius 3 is 2.24 bits per heavy atom. The molecule has 0 aromatic heterocycles. The van der Waals surface area contributed by atoms with E-state index in [9.17, 15) is 4.39 Å². The van der Waals surface area contributed by atoms with E-state index < -0.39 is 0 Å². The fourth-order valence-electron chi connectivity index (χ4n) is 3.77. The number of hydrogen-bond acceptors (Lipinski definition) is 2. The molecular weight excluding hydrogens is 263 g/mol. The van der Waals surface area contributed by atoms with Crippen molar-refractivity contribution in [2.45, 2.75) is 59.4 Å². The summed E-state index contributed by atoms with van der Waals surface area (Å²) in [7, 11) is 0. The summed E-state index contributed by atoms with van der Waals surface area (Å²) in [5, 5.41) is 0. The Kier molecular flexibility index (Phi) is 5.05. The first-order valence-corrected chi connectivity index (χ1v) is 8.04. The highest BCUT2D eigenvalue weighted by Gasteiger charge is 2.33. The number of nitrogens with one attached hydrogen (secondary N) is 1. The van der Waals surface area contributed by atoms with Crippen LogP contribution < -0.4 is 11.3 Å². The van der Waals surface area contributed by atoms with Gasteiger partial charge in [-0.15, -0.1) is 0 Å². The van der Waals surface area contributed by atoms with Crippen LogP contribution in [0.5, 0.6) is 0 Å². The minimum atomic E-state index is -0.173. The normalized spacial score (nSPS) is 24.9. The number of benzene rings is 1. The molecule has 1 aliphatic rings. The lowest BCUT2D eigenvalue weighted by molar-refractivity contribution is 0.132.